The molecule has 0 bridgehead atoms. The normalized spacial score (nSPS) is 22.2. The number of nitrogens with one attached hydrogen (secondary N) is 1. The van der Waals surface area contributed by atoms with Gasteiger partial charge in [-0.05, 0) is 24.1 Å². The van der Waals surface area contributed by atoms with Gasteiger partial charge >= 0.3 is 5.97 Å². The SMILES string of the molecule is O=C(OCc1ccc([N+](=O)[O-])cc1)C1CC(Br)CN1. The van der Waals surface area contributed by atoms with Gasteiger partial charge in [-0.15, -0.1) is 0 Å². The summed E-state index contributed by atoms with van der Waals surface area (Å²) in [6.45, 7) is 0.874. The lowest BCUT2D eigenvalue weighted by Crippen LogP contribution is -2.32. The number of rotatable bonds is 4. The highest BCUT2D eigenvalue weighted by Gasteiger charge is 2.28. The van der Waals surface area contributed by atoms with E-state index in [0.29, 0.717) is 11.2 Å². The summed E-state index contributed by atoms with van der Waals surface area (Å²) in [5.41, 5.74) is 0.752. The molecule has 1 aliphatic heterocycles. The second-order valence-electron chi connectivity index (χ2n) is 4.33. The van der Waals surface area contributed by atoms with Crippen molar-refractivity contribution in [2.45, 2.75) is 23.9 Å². The zero-order valence-corrected chi connectivity index (χ0v) is 11.6. The van der Waals surface area contributed by atoms with Gasteiger partial charge in [0.1, 0.15) is 12.6 Å². The maximum atomic E-state index is 11.7. The molecule has 1 heterocycles. The molecule has 0 saturated carbocycles. The van der Waals surface area contributed by atoms with E-state index in [4.69, 9.17) is 4.74 Å². The minimum Gasteiger partial charge on any atom is -0.460 e. The Kier molecular flexibility index (Phi) is 4.49. The van der Waals surface area contributed by atoms with E-state index in [1.54, 1.807) is 12.1 Å². The number of non-ortho nitro benzene ring substituents is 1. The van der Waals surface area contributed by atoms with Crippen LogP contribution >= 0.6 is 15.9 Å². The second-order valence-corrected chi connectivity index (χ2v) is 5.62. The third-order valence-corrected chi connectivity index (χ3v) is 3.59. The van der Waals surface area contributed by atoms with Crippen molar-refractivity contribution in [3.05, 3.63) is 39.9 Å². The van der Waals surface area contributed by atoms with Gasteiger partial charge in [0.05, 0.1) is 4.92 Å². The van der Waals surface area contributed by atoms with Gasteiger partial charge in [0, 0.05) is 23.5 Å². The van der Waals surface area contributed by atoms with Crippen molar-refractivity contribution in [3.8, 4) is 0 Å². The van der Waals surface area contributed by atoms with Gasteiger partial charge in [-0.1, -0.05) is 15.9 Å². The first kappa shape index (κ1) is 14.0. The Morgan fingerprint density at radius 3 is 2.68 bits per heavy atom. The monoisotopic (exact) mass is 328 g/mol. The summed E-state index contributed by atoms with van der Waals surface area (Å²) in [5, 5.41) is 13.5. The molecule has 1 aromatic rings. The molecule has 19 heavy (non-hydrogen) atoms. The topological polar surface area (TPSA) is 81.5 Å². The Bertz CT molecular complexity index is 477. The number of carbonyl (C=O) groups excluding carboxylic acids is 1. The summed E-state index contributed by atoms with van der Waals surface area (Å²) < 4.78 is 5.17. The van der Waals surface area contributed by atoms with Crippen LogP contribution in [0.5, 0.6) is 0 Å². The molecule has 1 fully saturated rings. The minimum absolute atomic E-state index is 0.0228. The van der Waals surface area contributed by atoms with E-state index < -0.39 is 4.92 Å². The number of hydrogen-bond donors (Lipinski definition) is 1. The van der Waals surface area contributed by atoms with E-state index in [1.807, 2.05) is 0 Å². The number of hydrogen-bond acceptors (Lipinski definition) is 5. The molecule has 1 aromatic carbocycles. The summed E-state index contributed by atoms with van der Waals surface area (Å²) in [7, 11) is 0. The number of ether oxygens (including phenoxy) is 1. The maximum Gasteiger partial charge on any atom is 0.323 e. The lowest BCUT2D eigenvalue weighted by Gasteiger charge is -2.10. The number of carbonyl (C=O) groups is 1. The molecular weight excluding hydrogens is 316 g/mol. The molecule has 0 radical (unpaired) electrons. The highest BCUT2D eigenvalue weighted by molar-refractivity contribution is 9.09. The number of benzene rings is 1. The van der Waals surface area contributed by atoms with E-state index in [2.05, 4.69) is 21.2 Å². The third-order valence-electron chi connectivity index (χ3n) is 2.89. The number of nitro benzene ring substituents is 1. The van der Waals surface area contributed by atoms with Crippen LogP contribution < -0.4 is 5.32 Å². The molecule has 2 atom stereocenters. The van der Waals surface area contributed by atoms with Gasteiger partial charge in [0.2, 0.25) is 0 Å². The van der Waals surface area contributed by atoms with Gasteiger partial charge in [-0.3, -0.25) is 14.9 Å². The van der Waals surface area contributed by atoms with Crippen LogP contribution in [0.1, 0.15) is 12.0 Å². The van der Waals surface area contributed by atoms with E-state index >= 15 is 0 Å². The quantitative estimate of drug-likeness (QED) is 0.394. The fourth-order valence-corrected chi connectivity index (χ4v) is 2.40. The third kappa shape index (κ3) is 3.74. The highest BCUT2D eigenvalue weighted by atomic mass is 79.9. The molecule has 0 aromatic heterocycles. The van der Waals surface area contributed by atoms with Crippen molar-refractivity contribution in [3.63, 3.8) is 0 Å². The van der Waals surface area contributed by atoms with Crippen LogP contribution in [-0.4, -0.2) is 28.3 Å². The van der Waals surface area contributed by atoms with Crippen LogP contribution in [-0.2, 0) is 16.1 Å². The van der Waals surface area contributed by atoms with Crippen molar-refractivity contribution in [1.82, 2.24) is 5.32 Å². The summed E-state index contributed by atoms with van der Waals surface area (Å²) in [5.74, 6) is -0.291. The predicted octanol–water partition coefficient (Wildman–Crippen LogP) is 1.76. The van der Waals surface area contributed by atoms with E-state index in [1.165, 1.54) is 12.1 Å². The Balaban J connectivity index is 1.85. The molecule has 1 saturated heterocycles. The maximum absolute atomic E-state index is 11.7. The standard InChI is InChI=1S/C12H13BrN2O4/c13-9-5-11(14-6-9)12(16)19-7-8-1-3-10(4-2-8)15(17)18/h1-4,9,11,14H,5-7H2. The molecule has 102 valence electrons. The Hall–Kier alpha value is -1.47. The molecule has 2 rings (SSSR count). The lowest BCUT2D eigenvalue weighted by molar-refractivity contribution is -0.384. The van der Waals surface area contributed by atoms with Gasteiger partial charge < -0.3 is 10.1 Å². The number of nitro groups is 1. The number of alkyl halides is 1. The molecule has 6 nitrogen and oxygen atoms in total. The van der Waals surface area contributed by atoms with Crippen LogP contribution in [0.15, 0.2) is 24.3 Å². The van der Waals surface area contributed by atoms with E-state index in [0.717, 1.165) is 12.1 Å². The summed E-state index contributed by atoms with van der Waals surface area (Å²) in [6.07, 6.45) is 0.707. The van der Waals surface area contributed by atoms with Gasteiger partial charge in [0.25, 0.3) is 5.69 Å². The summed E-state index contributed by atoms with van der Waals surface area (Å²) in [4.78, 5) is 22.0. The molecule has 0 amide bonds. The van der Waals surface area contributed by atoms with Crippen molar-refractivity contribution >= 4 is 27.6 Å². The number of esters is 1. The minimum atomic E-state index is -0.464. The first-order valence-corrected chi connectivity index (χ1v) is 6.75. The van der Waals surface area contributed by atoms with Gasteiger partial charge in [-0.25, -0.2) is 0 Å². The van der Waals surface area contributed by atoms with Crippen LogP contribution in [0.4, 0.5) is 5.69 Å². The number of nitrogens with zero attached hydrogens (tertiary/aromatic N) is 1. The fourth-order valence-electron chi connectivity index (χ4n) is 1.84. The Labute approximate surface area is 118 Å². The fraction of sp³-hybridized carbons (Fsp3) is 0.417. The van der Waals surface area contributed by atoms with Crippen molar-refractivity contribution in [2.75, 3.05) is 6.54 Å². The van der Waals surface area contributed by atoms with Gasteiger partial charge in [-0.2, -0.15) is 0 Å². The van der Waals surface area contributed by atoms with Crippen molar-refractivity contribution in [2.24, 2.45) is 0 Å². The first-order chi connectivity index (χ1) is 9.06. The predicted molar refractivity (Wildman–Crippen MR) is 72.0 cm³/mol. The number of halogens is 1. The summed E-state index contributed by atoms with van der Waals surface area (Å²) in [6, 6.07) is 5.68. The molecular formula is C12H13BrN2O4. The highest BCUT2D eigenvalue weighted by Crippen LogP contribution is 2.17. The molecule has 0 aliphatic carbocycles. The van der Waals surface area contributed by atoms with E-state index in [9.17, 15) is 14.9 Å². The average molecular weight is 329 g/mol. The zero-order valence-electron chi connectivity index (χ0n) is 10.0. The zero-order chi connectivity index (χ0) is 13.8. The lowest BCUT2D eigenvalue weighted by atomic mass is 10.2. The van der Waals surface area contributed by atoms with Crippen molar-refractivity contribution in [1.29, 1.82) is 0 Å². The largest absolute Gasteiger partial charge is 0.460 e. The molecule has 2 unspecified atom stereocenters. The molecule has 0 spiro atoms. The van der Waals surface area contributed by atoms with Crippen molar-refractivity contribution < 1.29 is 14.5 Å². The van der Waals surface area contributed by atoms with Crippen LogP contribution in [0.2, 0.25) is 0 Å². The second kappa shape index (κ2) is 6.12. The molecule has 1 N–H and O–H groups in total. The van der Waals surface area contributed by atoms with Crippen LogP contribution in [0.25, 0.3) is 0 Å². The van der Waals surface area contributed by atoms with E-state index in [-0.39, 0.29) is 24.3 Å². The van der Waals surface area contributed by atoms with Gasteiger partial charge in [0.15, 0.2) is 0 Å². The summed E-state index contributed by atoms with van der Waals surface area (Å²) >= 11 is 3.43. The molecule has 7 heteroatoms. The first-order valence-electron chi connectivity index (χ1n) is 5.83. The molecule has 1 aliphatic rings. The Morgan fingerprint density at radius 1 is 1.47 bits per heavy atom. The van der Waals surface area contributed by atoms with Crippen LogP contribution in [0.3, 0.4) is 0 Å². The Morgan fingerprint density at radius 2 is 2.16 bits per heavy atom. The average Bonchev–Trinajstić information content (AvgIpc) is 2.83. The smallest absolute Gasteiger partial charge is 0.323 e. The van der Waals surface area contributed by atoms with Crippen LogP contribution in [0, 0.1) is 10.1 Å².